The number of hydrogen-bond donors (Lipinski definition) is 2. The van der Waals surface area contributed by atoms with E-state index in [4.69, 9.17) is 11.6 Å². The van der Waals surface area contributed by atoms with Crippen molar-refractivity contribution < 1.29 is 13.2 Å². The van der Waals surface area contributed by atoms with Crippen LogP contribution in [0.1, 0.15) is 16.1 Å². The van der Waals surface area contributed by atoms with Crippen LogP contribution in [0.3, 0.4) is 0 Å². The van der Waals surface area contributed by atoms with Gasteiger partial charge in [-0.25, -0.2) is 13.8 Å². The summed E-state index contributed by atoms with van der Waals surface area (Å²) < 4.78 is 24.2. The molecule has 0 saturated carbocycles. The molecule has 0 atom stereocenters. The molecule has 0 fully saturated rings. The van der Waals surface area contributed by atoms with Crippen LogP contribution in [0.25, 0.3) is 10.9 Å². The van der Waals surface area contributed by atoms with E-state index in [1.807, 2.05) is 0 Å². The third-order valence-electron chi connectivity index (χ3n) is 3.51. The van der Waals surface area contributed by atoms with E-state index in [9.17, 15) is 13.2 Å². The fourth-order valence-electron chi connectivity index (χ4n) is 2.43. The van der Waals surface area contributed by atoms with Crippen LogP contribution in [0.15, 0.2) is 58.5 Å². The van der Waals surface area contributed by atoms with Gasteiger partial charge in [0.2, 0.25) is 0 Å². The Hall–Kier alpha value is -2.64. The summed E-state index contributed by atoms with van der Waals surface area (Å²) in [5.74, 6) is -0.637. The average molecular weight is 376 g/mol. The number of sulfone groups is 1. The fourth-order valence-corrected chi connectivity index (χ4v) is 3.65. The molecule has 2 N–H and O–H groups in total. The van der Waals surface area contributed by atoms with E-state index in [0.717, 1.165) is 11.8 Å². The minimum absolute atomic E-state index is 0.0395. The molecule has 3 aromatic rings. The number of benzene rings is 2. The summed E-state index contributed by atoms with van der Waals surface area (Å²) in [5.41, 5.74) is 3.60. The molecule has 0 aliphatic rings. The van der Waals surface area contributed by atoms with E-state index in [0.29, 0.717) is 15.9 Å². The number of hydrazone groups is 1. The monoisotopic (exact) mass is 375 g/mol. The number of carbonyl (C=O) groups is 1. The van der Waals surface area contributed by atoms with Crippen molar-refractivity contribution >= 4 is 44.5 Å². The Balaban J connectivity index is 1.91. The number of nitrogens with one attached hydrogen (secondary N) is 2. The van der Waals surface area contributed by atoms with Crippen molar-refractivity contribution in [3.63, 3.8) is 0 Å². The summed E-state index contributed by atoms with van der Waals surface area (Å²) in [4.78, 5) is 15.2. The molecule has 0 saturated heterocycles. The zero-order chi connectivity index (χ0) is 18.0. The molecule has 0 unspecified atom stereocenters. The van der Waals surface area contributed by atoms with Crippen LogP contribution >= 0.6 is 11.6 Å². The smallest absolute Gasteiger partial charge is 0.289 e. The van der Waals surface area contributed by atoms with Crippen molar-refractivity contribution in [3.8, 4) is 0 Å². The van der Waals surface area contributed by atoms with E-state index in [2.05, 4.69) is 15.5 Å². The van der Waals surface area contributed by atoms with Crippen LogP contribution in [0.5, 0.6) is 0 Å². The van der Waals surface area contributed by atoms with Crippen LogP contribution in [0.4, 0.5) is 0 Å². The maximum absolute atomic E-state index is 12.4. The van der Waals surface area contributed by atoms with Crippen LogP contribution in [-0.4, -0.2) is 31.8 Å². The second-order valence-corrected chi connectivity index (χ2v) is 7.79. The van der Waals surface area contributed by atoms with Gasteiger partial charge in [0.25, 0.3) is 5.91 Å². The molecular weight excluding hydrogens is 362 g/mol. The molecule has 2 aromatic carbocycles. The van der Waals surface area contributed by atoms with Crippen molar-refractivity contribution in [1.29, 1.82) is 0 Å². The highest BCUT2D eigenvalue weighted by Crippen LogP contribution is 2.26. The first-order valence-electron chi connectivity index (χ1n) is 7.26. The van der Waals surface area contributed by atoms with Gasteiger partial charge in [-0.3, -0.25) is 4.79 Å². The molecule has 0 spiro atoms. The molecule has 1 aromatic heterocycles. The van der Waals surface area contributed by atoms with Gasteiger partial charge in [-0.15, -0.1) is 0 Å². The van der Waals surface area contributed by atoms with Gasteiger partial charge in [0, 0.05) is 22.2 Å². The first kappa shape index (κ1) is 17.2. The number of nitrogens with zero attached hydrogens (tertiary/aromatic N) is 1. The molecule has 6 nitrogen and oxygen atoms in total. The van der Waals surface area contributed by atoms with Gasteiger partial charge in [-0.2, -0.15) is 5.10 Å². The number of halogens is 1. The van der Waals surface area contributed by atoms with Crippen LogP contribution in [0.2, 0.25) is 5.02 Å². The Morgan fingerprint density at radius 3 is 2.52 bits per heavy atom. The van der Waals surface area contributed by atoms with Gasteiger partial charge >= 0.3 is 0 Å². The van der Waals surface area contributed by atoms with E-state index in [1.54, 1.807) is 48.5 Å². The number of aromatic amines is 1. The number of aromatic nitrogens is 1. The van der Waals surface area contributed by atoms with Gasteiger partial charge in [-0.05, 0) is 23.8 Å². The first-order chi connectivity index (χ1) is 11.9. The molecule has 8 heteroatoms. The van der Waals surface area contributed by atoms with Gasteiger partial charge in [-0.1, -0.05) is 41.9 Å². The summed E-state index contributed by atoms with van der Waals surface area (Å²) in [5, 5.41) is 4.92. The second-order valence-electron chi connectivity index (χ2n) is 5.40. The quantitative estimate of drug-likeness (QED) is 0.542. The lowest BCUT2D eigenvalue weighted by Crippen LogP contribution is -2.20. The SMILES string of the molecule is CS(=O)(=O)c1c(C(=O)N/N=C/c2ccc(Cl)cc2)[nH]c2ccccc12. The number of hydrogen-bond acceptors (Lipinski definition) is 4. The Morgan fingerprint density at radius 2 is 1.84 bits per heavy atom. The largest absolute Gasteiger partial charge is 0.349 e. The van der Waals surface area contributed by atoms with E-state index < -0.39 is 15.7 Å². The first-order valence-corrected chi connectivity index (χ1v) is 9.53. The molecule has 0 radical (unpaired) electrons. The molecule has 25 heavy (non-hydrogen) atoms. The number of rotatable bonds is 4. The summed E-state index contributed by atoms with van der Waals surface area (Å²) in [7, 11) is -3.60. The van der Waals surface area contributed by atoms with Gasteiger partial charge in [0.05, 0.1) is 6.21 Å². The average Bonchev–Trinajstić information content (AvgIpc) is 2.96. The lowest BCUT2D eigenvalue weighted by Gasteiger charge is -2.01. The van der Waals surface area contributed by atoms with Gasteiger partial charge in [0.1, 0.15) is 10.6 Å². The predicted molar refractivity (Wildman–Crippen MR) is 97.9 cm³/mol. The molecule has 128 valence electrons. The summed E-state index contributed by atoms with van der Waals surface area (Å²) in [6, 6.07) is 13.7. The number of H-pyrrole nitrogens is 1. The van der Waals surface area contributed by atoms with Gasteiger partial charge < -0.3 is 4.98 Å². The Kier molecular flexibility index (Phi) is 4.61. The van der Waals surface area contributed by atoms with Crippen molar-refractivity contribution in [2.24, 2.45) is 5.10 Å². The van der Waals surface area contributed by atoms with E-state index in [-0.39, 0.29) is 10.6 Å². The molecule has 3 rings (SSSR count). The number of fused-ring (bicyclic) bond motifs is 1. The Labute approximate surface area is 149 Å². The van der Waals surface area contributed by atoms with Crippen LogP contribution < -0.4 is 5.43 Å². The molecule has 1 amide bonds. The molecule has 0 bridgehead atoms. The second kappa shape index (κ2) is 6.70. The van der Waals surface area contributed by atoms with Gasteiger partial charge in [0.15, 0.2) is 9.84 Å². The summed E-state index contributed by atoms with van der Waals surface area (Å²) >= 11 is 5.80. The standard InChI is InChI=1S/C17H14ClN3O3S/c1-25(23,24)16-13-4-2-3-5-14(13)20-15(16)17(22)21-19-10-11-6-8-12(18)9-7-11/h2-10,20H,1H3,(H,21,22)/b19-10+. The number of carbonyl (C=O) groups excluding carboxylic acids is 1. The third-order valence-corrected chi connectivity index (χ3v) is 4.92. The number of amides is 1. The lowest BCUT2D eigenvalue weighted by molar-refractivity contribution is 0.0947. The van der Waals surface area contributed by atoms with Crippen molar-refractivity contribution in [3.05, 3.63) is 64.8 Å². The fraction of sp³-hybridized carbons (Fsp3) is 0.0588. The molecular formula is C17H14ClN3O3S. The zero-order valence-corrected chi connectivity index (χ0v) is 14.7. The Bertz CT molecular complexity index is 1070. The highest BCUT2D eigenvalue weighted by Gasteiger charge is 2.24. The third kappa shape index (κ3) is 3.72. The maximum Gasteiger partial charge on any atom is 0.289 e. The van der Waals surface area contributed by atoms with Crippen molar-refractivity contribution in [2.75, 3.05) is 6.26 Å². The van der Waals surface area contributed by atoms with E-state index >= 15 is 0 Å². The predicted octanol–water partition coefficient (Wildman–Crippen LogP) is 2.99. The molecule has 0 aliphatic carbocycles. The van der Waals surface area contributed by atoms with Crippen LogP contribution in [0, 0.1) is 0 Å². The Morgan fingerprint density at radius 1 is 1.16 bits per heavy atom. The normalized spacial score (nSPS) is 11.9. The van der Waals surface area contributed by atoms with E-state index in [1.165, 1.54) is 6.21 Å². The van der Waals surface area contributed by atoms with Crippen molar-refractivity contribution in [1.82, 2.24) is 10.4 Å². The molecule has 1 heterocycles. The molecule has 0 aliphatic heterocycles. The highest BCUT2D eigenvalue weighted by atomic mass is 35.5. The van der Waals surface area contributed by atoms with Crippen LogP contribution in [-0.2, 0) is 9.84 Å². The highest BCUT2D eigenvalue weighted by molar-refractivity contribution is 7.91. The minimum atomic E-state index is -3.60. The number of para-hydroxylation sites is 1. The lowest BCUT2D eigenvalue weighted by atomic mass is 10.2. The minimum Gasteiger partial charge on any atom is -0.349 e. The topological polar surface area (TPSA) is 91.4 Å². The summed E-state index contributed by atoms with van der Waals surface area (Å²) in [6.45, 7) is 0. The maximum atomic E-state index is 12.4. The zero-order valence-electron chi connectivity index (χ0n) is 13.2. The summed E-state index contributed by atoms with van der Waals surface area (Å²) in [6.07, 6.45) is 2.51. The van der Waals surface area contributed by atoms with Crippen molar-refractivity contribution in [2.45, 2.75) is 4.90 Å².